The lowest BCUT2D eigenvalue weighted by Crippen LogP contribution is -2.27. The van der Waals surface area contributed by atoms with Gasteiger partial charge in [-0.25, -0.2) is 9.18 Å². The number of hydrogen-bond acceptors (Lipinski definition) is 6. The number of benzene rings is 2. The average Bonchev–Trinajstić information content (AvgIpc) is 2.73. The minimum absolute atomic E-state index is 0.0708. The Morgan fingerprint density at radius 2 is 1.93 bits per heavy atom. The second-order valence-corrected chi connectivity index (χ2v) is 7.18. The first-order chi connectivity index (χ1) is 14.0. The Kier molecular flexibility index (Phi) is 6.57. The van der Waals surface area contributed by atoms with Crippen LogP contribution in [0.4, 0.5) is 4.39 Å². The van der Waals surface area contributed by atoms with Crippen molar-refractivity contribution in [2.45, 2.75) is 17.7 Å². The number of nitrogens with zero attached hydrogens (tertiary/aromatic N) is 1. The zero-order valence-electron chi connectivity index (χ0n) is 15.7. The fourth-order valence-electron chi connectivity index (χ4n) is 3.01. The highest BCUT2D eigenvalue weighted by Gasteiger charge is 2.37. The molecule has 2 aromatic carbocycles. The molecular weight excluding hydrogens is 391 g/mol. The van der Waals surface area contributed by atoms with E-state index in [1.54, 1.807) is 6.92 Å². The van der Waals surface area contributed by atoms with Crippen LogP contribution in [0.15, 0.2) is 82.3 Å². The third-order valence-corrected chi connectivity index (χ3v) is 5.32. The van der Waals surface area contributed by atoms with Crippen LogP contribution in [0.1, 0.15) is 18.4 Å². The molecule has 0 amide bonds. The number of nitrogens with two attached hydrogens (primary N) is 1. The Morgan fingerprint density at radius 3 is 2.55 bits per heavy atom. The molecule has 0 spiro atoms. The van der Waals surface area contributed by atoms with Crippen LogP contribution in [-0.2, 0) is 14.3 Å². The smallest absolute Gasteiger partial charge is 0.338 e. The molecule has 1 atom stereocenters. The topological polar surface area (TPSA) is 85.3 Å². The first kappa shape index (κ1) is 20.5. The van der Waals surface area contributed by atoms with Crippen LogP contribution in [0.25, 0.3) is 0 Å². The normalized spacial score (nSPS) is 16.2. The Balaban J connectivity index is 2.07. The van der Waals surface area contributed by atoms with Gasteiger partial charge in [0.25, 0.3) is 0 Å². The molecule has 1 aliphatic rings. The molecular formula is C22H19FN2O3S. The standard InChI is InChI=1S/C22H19FN2O3S/c1-2-27-22(26)20-18(13-29-16-6-4-3-5-7-16)28-21(25)17(12-24)19(20)14-8-10-15(23)11-9-14/h3-11,19H,2,13,25H2,1H3/t19-/m0/s1. The zero-order valence-corrected chi connectivity index (χ0v) is 16.5. The highest BCUT2D eigenvalue weighted by Crippen LogP contribution is 2.41. The molecule has 1 heterocycles. The molecule has 0 unspecified atom stereocenters. The summed E-state index contributed by atoms with van der Waals surface area (Å²) in [5.41, 5.74) is 6.86. The third-order valence-electron chi connectivity index (χ3n) is 4.31. The summed E-state index contributed by atoms with van der Waals surface area (Å²) in [6.45, 7) is 1.86. The Bertz CT molecular complexity index is 995. The van der Waals surface area contributed by atoms with E-state index in [1.807, 2.05) is 36.4 Å². The second-order valence-electron chi connectivity index (χ2n) is 6.14. The number of carbonyl (C=O) groups is 1. The quantitative estimate of drug-likeness (QED) is 0.566. The molecule has 0 saturated carbocycles. The van der Waals surface area contributed by atoms with Gasteiger partial charge in [-0.15, -0.1) is 11.8 Å². The molecule has 0 aliphatic carbocycles. The monoisotopic (exact) mass is 410 g/mol. The van der Waals surface area contributed by atoms with Crippen molar-refractivity contribution >= 4 is 17.7 Å². The SMILES string of the molecule is CCOC(=O)C1=C(CSc2ccccc2)OC(N)=C(C#N)[C@@H]1c1ccc(F)cc1. The lowest BCUT2D eigenvalue weighted by molar-refractivity contribution is -0.139. The van der Waals surface area contributed by atoms with Crippen LogP contribution in [0.5, 0.6) is 0 Å². The molecule has 0 radical (unpaired) electrons. The highest BCUT2D eigenvalue weighted by molar-refractivity contribution is 7.99. The van der Waals surface area contributed by atoms with Gasteiger partial charge in [-0.05, 0) is 36.8 Å². The molecule has 148 valence electrons. The van der Waals surface area contributed by atoms with E-state index in [0.717, 1.165) is 4.90 Å². The van der Waals surface area contributed by atoms with Gasteiger partial charge in [-0.1, -0.05) is 30.3 Å². The summed E-state index contributed by atoms with van der Waals surface area (Å²) in [5.74, 6) is -1.24. The minimum atomic E-state index is -0.792. The second kappa shape index (κ2) is 9.30. The lowest BCUT2D eigenvalue weighted by Gasteiger charge is -2.28. The molecule has 0 bridgehead atoms. The molecule has 0 saturated heterocycles. The van der Waals surface area contributed by atoms with E-state index in [2.05, 4.69) is 0 Å². The van der Waals surface area contributed by atoms with Crippen molar-refractivity contribution < 1.29 is 18.7 Å². The number of ether oxygens (including phenoxy) is 2. The predicted molar refractivity (Wildman–Crippen MR) is 108 cm³/mol. The van der Waals surface area contributed by atoms with Gasteiger partial charge in [-0.2, -0.15) is 5.26 Å². The Labute approximate surface area is 172 Å². The summed E-state index contributed by atoms with van der Waals surface area (Å²) in [5, 5.41) is 9.65. The summed E-state index contributed by atoms with van der Waals surface area (Å²) < 4.78 is 24.4. The molecule has 29 heavy (non-hydrogen) atoms. The van der Waals surface area contributed by atoms with Gasteiger partial charge in [0.15, 0.2) is 0 Å². The van der Waals surface area contributed by atoms with Crippen molar-refractivity contribution in [2.24, 2.45) is 5.73 Å². The van der Waals surface area contributed by atoms with Crippen molar-refractivity contribution in [1.29, 1.82) is 5.26 Å². The number of halogens is 1. The maximum Gasteiger partial charge on any atom is 0.338 e. The summed E-state index contributed by atoms with van der Waals surface area (Å²) in [4.78, 5) is 13.8. The van der Waals surface area contributed by atoms with E-state index < -0.39 is 17.7 Å². The van der Waals surface area contributed by atoms with E-state index in [4.69, 9.17) is 15.2 Å². The molecule has 2 N–H and O–H groups in total. The molecule has 0 aromatic heterocycles. The summed E-state index contributed by atoms with van der Waals surface area (Å²) in [6.07, 6.45) is 0. The van der Waals surface area contributed by atoms with Crippen molar-refractivity contribution in [1.82, 2.24) is 0 Å². The van der Waals surface area contributed by atoms with Crippen molar-refractivity contribution in [3.63, 3.8) is 0 Å². The van der Waals surface area contributed by atoms with Crippen LogP contribution in [0.3, 0.4) is 0 Å². The minimum Gasteiger partial charge on any atom is -0.463 e. The van der Waals surface area contributed by atoms with Gasteiger partial charge in [0.2, 0.25) is 5.88 Å². The van der Waals surface area contributed by atoms with Crippen molar-refractivity contribution in [2.75, 3.05) is 12.4 Å². The molecule has 5 nitrogen and oxygen atoms in total. The number of hydrogen-bond donors (Lipinski definition) is 1. The number of esters is 1. The fraction of sp³-hybridized carbons (Fsp3) is 0.182. The van der Waals surface area contributed by atoms with E-state index in [0.29, 0.717) is 17.1 Å². The summed E-state index contributed by atoms with van der Waals surface area (Å²) in [7, 11) is 0. The summed E-state index contributed by atoms with van der Waals surface area (Å²) >= 11 is 1.47. The summed E-state index contributed by atoms with van der Waals surface area (Å²) in [6, 6.07) is 17.2. The fourth-order valence-corrected chi connectivity index (χ4v) is 3.87. The van der Waals surface area contributed by atoms with E-state index in [9.17, 15) is 14.4 Å². The van der Waals surface area contributed by atoms with Crippen molar-refractivity contribution in [3.8, 4) is 6.07 Å². The van der Waals surface area contributed by atoms with Crippen LogP contribution in [0, 0.1) is 17.1 Å². The Hall–Kier alpha value is -3.24. The van der Waals surface area contributed by atoms with Gasteiger partial charge >= 0.3 is 5.97 Å². The van der Waals surface area contributed by atoms with Crippen LogP contribution >= 0.6 is 11.8 Å². The molecule has 1 aliphatic heterocycles. The maximum atomic E-state index is 13.4. The van der Waals surface area contributed by atoms with Crippen molar-refractivity contribution in [3.05, 3.63) is 88.8 Å². The third kappa shape index (κ3) is 4.61. The largest absolute Gasteiger partial charge is 0.463 e. The van der Waals surface area contributed by atoms with Gasteiger partial charge in [-0.3, -0.25) is 0 Å². The van der Waals surface area contributed by atoms with Gasteiger partial charge < -0.3 is 15.2 Å². The number of allylic oxidation sites excluding steroid dienone is 1. The highest BCUT2D eigenvalue weighted by atomic mass is 32.2. The van der Waals surface area contributed by atoms with Crippen LogP contribution in [0.2, 0.25) is 0 Å². The molecule has 2 aromatic rings. The molecule has 7 heteroatoms. The van der Waals surface area contributed by atoms with Gasteiger partial charge in [0, 0.05) is 4.90 Å². The average molecular weight is 410 g/mol. The number of nitriles is 1. The number of rotatable bonds is 6. The van der Waals surface area contributed by atoms with Crippen LogP contribution < -0.4 is 5.73 Å². The number of thioether (sulfide) groups is 1. The number of carbonyl (C=O) groups excluding carboxylic acids is 1. The first-order valence-electron chi connectivity index (χ1n) is 8.96. The van der Waals surface area contributed by atoms with E-state index >= 15 is 0 Å². The molecule has 0 fully saturated rings. The van der Waals surface area contributed by atoms with E-state index in [1.165, 1.54) is 36.0 Å². The van der Waals surface area contributed by atoms with Gasteiger partial charge in [0.1, 0.15) is 23.2 Å². The zero-order chi connectivity index (χ0) is 20.8. The predicted octanol–water partition coefficient (Wildman–Crippen LogP) is 4.24. The molecule has 3 rings (SSSR count). The first-order valence-corrected chi connectivity index (χ1v) is 9.94. The lowest BCUT2D eigenvalue weighted by atomic mass is 9.83. The van der Waals surface area contributed by atoms with Crippen LogP contribution in [-0.4, -0.2) is 18.3 Å². The van der Waals surface area contributed by atoms with Gasteiger partial charge in [0.05, 0.1) is 23.9 Å². The van der Waals surface area contributed by atoms with E-state index in [-0.39, 0.29) is 23.6 Å². The maximum absolute atomic E-state index is 13.4. The Morgan fingerprint density at radius 1 is 1.24 bits per heavy atom.